The van der Waals surface area contributed by atoms with E-state index in [9.17, 15) is 9.59 Å². The molecule has 6 nitrogen and oxygen atoms in total. The van der Waals surface area contributed by atoms with Gasteiger partial charge in [0, 0.05) is 32.4 Å². The summed E-state index contributed by atoms with van der Waals surface area (Å²) in [6.07, 6.45) is 0. The lowest BCUT2D eigenvalue weighted by molar-refractivity contribution is -0.926. The van der Waals surface area contributed by atoms with Crippen LogP contribution in [0.25, 0.3) is 0 Å². The Labute approximate surface area is 132 Å². The van der Waals surface area contributed by atoms with Gasteiger partial charge in [-0.2, -0.15) is 0 Å². The first-order chi connectivity index (χ1) is 10.4. The Bertz CT molecular complexity index is 499. The lowest BCUT2D eigenvalue weighted by atomic mass is 10.1. The quantitative estimate of drug-likeness (QED) is 0.693. The molecule has 0 aliphatic heterocycles. The summed E-state index contributed by atoms with van der Waals surface area (Å²) in [5.74, 6) is -0.263. The van der Waals surface area contributed by atoms with Gasteiger partial charge < -0.3 is 15.1 Å². The van der Waals surface area contributed by atoms with Crippen LogP contribution in [0.15, 0.2) is 24.3 Å². The number of carbonyl (C=O) groups is 2. The van der Waals surface area contributed by atoms with Gasteiger partial charge in [0.05, 0.1) is 6.54 Å². The number of urea groups is 1. The minimum absolute atomic E-state index is 0.263. The Morgan fingerprint density at radius 1 is 1.23 bits per heavy atom. The Hall–Kier alpha value is -2.08. The number of carbonyl (C=O) groups excluding carboxylic acids is 2. The summed E-state index contributed by atoms with van der Waals surface area (Å²) in [7, 11) is 5.50. The van der Waals surface area contributed by atoms with Crippen molar-refractivity contribution >= 4 is 17.6 Å². The number of nitrogens with one attached hydrogen (secondary N) is 3. The van der Waals surface area contributed by atoms with Crippen LogP contribution >= 0.6 is 0 Å². The fourth-order valence-corrected chi connectivity index (χ4v) is 2.23. The van der Waals surface area contributed by atoms with E-state index in [2.05, 4.69) is 34.9 Å². The lowest BCUT2D eigenvalue weighted by Gasteiger charge is -2.24. The molecule has 0 aliphatic carbocycles. The van der Waals surface area contributed by atoms with Crippen molar-refractivity contribution in [1.29, 1.82) is 0 Å². The second kappa shape index (κ2) is 8.38. The van der Waals surface area contributed by atoms with Crippen LogP contribution in [0.2, 0.25) is 0 Å². The first-order valence-corrected chi connectivity index (χ1v) is 7.52. The predicted octanol–water partition coefficient (Wildman–Crippen LogP) is 0.00150. The van der Waals surface area contributed by atoms with Crippen molar-refractivity contribution in [2.75, 3.05) is 32.6 Å². The van der Waals surface area contributed by atoms with E-state index in [0.29, 0.717) is 0 Å². The molecule has 2 atom stereocenters. The van der Waals surface area contributed by atoms with Gasteiger partial charge in [-0.15, -0.1) is 0 Å². The number of rotatable bonds is 6. The summed E-state index contributed by atoms with van der Waals surface area (Å²) in [4.78, 5) is 26.4. The molecule has 0 aliphatic rings. The summed E-state index contributed by atoms with van der Waals surface area (Å²) in [5, 5.41) is 4.73. The Morgan fingerprint density at radius 3 is 2.27 bits per heavy atom. The van der Waals surface area contributed by atoms with E-state index in [4.69, 9.17) is 0 Å². The molecule has 0 aromatic heterocycles. The van der Waals surface area contributed by atoms with Gasteiger partial charge in [0.25, 0.3) is 5.91 Å². The summed E-state index contributed by atoms with van der Waals surface area (Å²) in [6.45, 7) is 5.42. The smallest absolute Gasteiger partial charge is 0.321 e. The minimum atomic E-state index is -0.470. The van der Waals surface area contributed by atoms with Crippen molar-refractivity contribution in [2.24, 2.45) is 0 Å². The van der Waals surface area contributed by atoms with Crippen LogP contribution in [-0.4, -0.2) is 45.7 Å². The van der Waals surface area contributed by atoms with E-state index in [1.165, 1.54) is 12.6 Å². The summed E-state index contributed by atoms with van der Waals surface area (Å²) in [5.41, 5.74) is 2.31. The second-order valence-corrected chi connectivity index (χ2v) is 5.54. The standard InChI is InChI=1S/C16H26N4O2/c1-6-20(12(2)15(21)18-16(22)17-3)11-13-7-9-14(10-8-13)19(4)5/h7-10,12H,6,11H2,1-5H3,(H2,17,18,21,22)/p+1/t12-/m1/s1. The zero-order chi connectivity index (χ0) is 16.7. The molecule has 3 N–H and O–H groups in total. The number of hydrogen-bond acceptors (Lipinski definition) is 3. The summed E-state index contributed by atoms with van der Waals surface area (Å²) < 4.78 is 0. The third-order valence-corrected chi connectivity index (χ3v) is 3.81. The number of hydrogen-bond donors (Lipinski definition) is 3. The van der Waals surface area contributed by atoms with Gasteiger partial charge in [-0.25, -0.2) is 4.79 Å². The summed E-state index contributed by atoms with van der Waals surface area (Å²) in [6, 6.07) is 7.52. The molecule has 3 amide bonds. The highest BCUT2D eigenvalue weighted by atomic mass is 16.2. The fraction of sp³-hybridized carbons (Fsp3) is 0.500. The number of anilines is 1. The van der Waals surface area contributed by atoms with Gasteiger partial charge in [-0.05, 0) is 26.0 Å². The van der Waals surface area contributed by atoms with E-state index in [1.807, 2.05) is 32.8 Å². The third-order valence-electron chi connectivity index (χ3n) is 3.81. The maximum atomic E-state index is 12.0. The first kappa shape index (κ1) is 18.0. The molecule has 1 aromatic rings. The van der Waals surface area contributed by atoms with Crippen molar-refractivity contribution in [1.82, 2.24) is 10.6 Å². The first-order valence-electron chi connectivity index (χ1n) is 7.52. The van der Waals surface area contributed by atoms with E-state index >= 15 is 0 Å². The zero-order valence-corrected chi connectivity index (χ0v) is 14.1. The van der Waals surface area contributed by atoms with Crippen molar-refractivity contribution in [3.05, 3.63) is 29.8 Å². The number of benzene rings is 1. The van der Waals surface area contributed by atoms with Crippen LogP contribution in [0, 0.1) is 0 Å². The topological polar surface area (TPSA) is 65.9 Å². The minimum Gasteiger partial charge on any atom is -0.378 e. The average molecular weight is 307 g/mol. The molecule has 1 aromatic carbocycles. The largest absolute Gasteiger partial charge is 0.378 e. The van der Waals surface area contributed by atoms with Crippen LogP contribution in [0.5, 0.6) is 0 Å². The lowest BCUT2D eigenvalue weighted by Crippen LogP contribution is -3.15. The highest BCUT2D eigenvalue weighted by molar-refractivity contribution is 5.96. The molecule has 0 saturated carbocycles. The van der Waals surface area contributed by atoms with Crippen molar-refractivity contribution in [2.45, 2.75) is 26.4 Å². The van der Waals surface area contributed by atoms with Crippen LogP contribution in [-0.2, 0) is 11.3 Å². The molecule has 0 fully saturated rings. The maximum absolute atomic E-state index is 12.0. The van der Waals surface area contributed by atoms with Gasteiger partial charge in [-0.3, -0.25) is 10.1 Å². The van der Waals surface area contributed by atoms with Crippen LogP contribution in [0.1, 0.15) is 19.4 Å². The number of quaternary nitrogens is 1. The normalized spacial score (nSPS) is 13.1. The molecular weight excluding hydrogens is 280 g/mol. The highest BCUT2D eigenvalue weighted by Crippen LogP contribution is 2.11. The van der Waals surface area contributed by atoms with Crippen LogP contribution in [0.3, 0.4) is 0 Å². The van der Waals surface area contributed by atoms with Crippen LogP contribution < -0.4 is 20.4 Å². The van der Waals surface area contributed by atoms with Crippen molar-refractivity contribution in [3.8, 4) is 0 Å². The van der Waals surface area contributed by atoms with Gasteiger partial charge in [0.2, 0.25) is 0 Å². The van der Waals surface area contributed by atoms with Crippen molar-refractivity contribution in [3.63, 3.8) is 0 Å². The molecular formula is C16H27N4O2+. The molecule has 6 heteroatoms. The molecule has 0 bridgehead atoms. The molecule has 1 rings (SSSR count). The van der Waals surface area contributed by atoms with Gasteiger partial charge in [0.15, 0.2) is 6.04 Å². The van der Waals surface area contributed by atoms with E-state index < -0.39 is 6.03 Å². The van der Waals surface area contributed by atoms with Gasteiger partial charge in [-0.1, -0.05) is 12.1 Å². The molecule has 122 valence electrons. The summed E-state index contributed by atoms with van der Waals surface area (Å²) >= 11 is 0. The van der Waals surface area contributed by atoms with Crippen LogP contribution in [0.4, 0.5) is 10.5 Å². The molecule has 0 heterocycles. The van der Waals surface area contributed by atoms with E-state index in [-0.39, 0.29) is 11.9 Å². The highest BCUT2D eigenvalue weighted by Gasteiger charge is 2.25. The van der Waals surface area contributed by atoms with Gasteiger partial charge in [0.1, 0.15) is 6.54 Å². The molecule has 22 heavy (non-hydrogen) atoms. The number of amides is 3. The molecule has 0 radical (unpaired) electrons. The monoisotopic (exact) mass is 307 g/mol. The van der Waals surface area contributed by atoms with E-state index in [0.717, 1.165) is 23.7 Å². The third kappa shape index (κ3) is 5.04. The Morgan fingerprint density at radius 2 is 1.82 bits per heavy atom. The molecule has 1 unspecified atom stereocenters. The number of likely N-dealkylation sites (N-methyl/N-ethyl adjacent to an activating group) is 1. The number of nitrogens with zero attached hydrogens (tertiary/aromatic N) is 1. The SMILES string of the molecule is CC[NH+](Cc1ccc(N(C)C)cc1)[C@H](C)C(=O)NC(=O)NC. The van der Waals surface area contributed by atoms with Crippen molar-refractivity contribution < 1.29 is 14.5 Å². The zero-order valence-electron chi connectivity index (χ0n) is 14.1. The predicted molar refractivity (Wildman–Crippen MR) is 88.0 cm³/mol. The fourth-order valence-electron chi connectivity index (χ4n) is 2.23. The second-order valence-electron chi connectivity index (χ2n) is 5.54. The molecule has 0 saturated heterocycles. The Kier molecular flexibility index (Phi) is 6.85. The Balaban J connectivity index is 2.71. The van der Waals surface area contributed by atoms with E-state index in [1.54, 1.807) is 0 Å². The van der Waals surface area contributed by atoms with Gasteiger partial charge >= 0.3 is 6.03 Å². The number of imide groups is 1. The molecule has 0 spiro atoms. The average Bonchev–Trinajstić information content (AvgIpc) is 2.52. The maximum Gasteiger partial charge on any atom is 0.321 e.